The zero-order valence-electron chi connectivity index (χ0n) is 11.2. The maximum atomic E-state index is 6.19. The molecule has 0 spiro atoms. The molecule has 0 amide bonds. The molecule has 0 aliphatic rings. The van der Waals surface area contributed by atoms with Gasteiger partial charge in [-0.2, -0.15) is 0 Å². The van der Waals surface area contributed by atoms with Gasteiger partial charge in [0.15, 0.2) is 0 Å². The predicted molar refractivity (Wildman–Crippen MR) is 78.9 cm³/mol. The van der Waals surface area contributed by atoms with Crippen LogP contribution in [0.15, 0.2) is 36.4 Å². The minimum atomic E-state index is 0.0281. The largest absolute Gasteiger partial charge is 0.271 e. The Labute approximate surface area is 118 Å². The first-order chi connectivity index (χ1) is 9.10. The molecule has 1 atom stereocenters. The standard InChI is InChI=1S/C15H18ClN3/c1-10-7-13(8-11(2)18-10)15(19-17)9-12-5-3-4-6-14(12)16/h3-8,15,19H,9,17H2,1-2H3. The van der Waals surface area contributed by atoms with E-state index in [-0.39, 0.29) is 6.04 Å². The van der Waals surface area contributed by atoms with Gasteiger partial charge < -0.3 is 0 Å². The van der Waals surface area contributed by atoms with Crippen LogP contribution in [0.5, 0.6) is 0 Å². The highest BCUT2D eigenvalue weighted by Gasteiger charge is 2.13. The highest BCUT2D eigenvalue weighted by molar-refractivity contribution is 6.31. The van der Waals surface area contributed by atoms with Crippen LogP contribution >= 0.6 is 11.6 Å². The lowest BCUT2D eigenvalue weighted by Crippen LogP contribution is -2.29. The van der Waals surface area contributed by atoms with Crippen LogP contribution in [-0.4, -0.2) is 4.98 Å². The van der Waals surface area contributed by atoms with Crippen molar-refractivity contribution >= 4 is 11.6 Å². The monoisotopic (exact) mass is 275 g/mol. The molecule has 0 fully saturated rings. The summed E-state index contributed by atoms with van der Waals surface area (Å²) in [6.07, 6.45) is 0.749. The molecule has 4 heteroatoms. The van der Waals surface area contributed by atoms with Crippen LogP contribution in [0, 0.1) is 13.8 Å². The Balaban J connectivity index is 2.28. The zero-order chi connectivity index (χ0) is 13.8. The van der Waals surface area contributed by atoms with Gasteiger partial charge in [0, 0.05) is 16.4 Å². The van der Waals surface area contributed by atoms with Gasteiger partial charge in [-0.05, 0) is 49.6 Å². The lowest BCUT2D eigenvalue weighted by Gasteiger charge is -2.18. The van der Waals surface area contributed by atoms with Crippen molar-refractivity contribution in [1.29, 1.82) is 0 Å². The van der Waals surface area contributed by atoms with Gasteiger partial charge >= 0.3 is 0 Å². The fourth-order valence-electron chi connectivity index (χ4n) is 2.22. The van der Waals surface area contributed by atoms with Crippen molar-refractivity contribution in [2.45, 2.75) is 26.3 Å². The van der Waals surface area contributed by atoms with Gasteiger partial charge in [0.1, 0.15) is 0 Å². The number of hydrogen-bond donors (Lipinski definition) is 2. The van der Waals surface area contributed by atoms with Crippen LogP contribution in [0.2, 0.25) is 5.02 Å². The molecule has 0 radical (unpaired) electrons. The number of benzene rings is 1. The molecule has 0 aliphatic heterocycles. The van der Waals surface area contributed by atoms with Crippen molar-refractivity contribution < 1.29 is 0 Å². The van der Waals surface area contributed by atoms with Gasteiger partial charge in [-0.1, -0.05) is 29.8 Å². The van der Waals surface area contributed by atoms with E-state index >= 15 is 0 Å². The maximum Gasteiger partial charge on any atom is 0.0502 e. The predicted octanol–water partition coefficient (Wildman–Crippen LogP) is 3.10. The summed E-state index contributed by atoms with van der Waals surface area (Å²) in [4.78, 5) is 4.38. The first kappa shape index (κ1) is 14.0. The summed E-state index contributed by atoms with van der Waals surface area (Å²) in [5, 5.41) is 0.769. The molecule has 3 nitrogen and oxygen atoms in total. The fraction of sp³-hybridized carbons (Fsp3) is 0.267. The van der Waals surface area contributed by atoms with Crippen LogP contribution in [0.4, 0.5) is 0 Å². The second-order valence-electron chi connectivity index (χ2n) is 4.70. The SMILES string of the molecule is Cc1cc(C(Cc2ccccc2Cl)NN)cc(C)n1. The average Bonchev–Trinajstić information content (AvgIpc) is 2.36. The fourth-order valence-corrected chi connectivity index (χ4v) is 2.44. The maximum absolute atomic E-state index is 6.19. The number of rotatable bonds is 4. The first-order valence-corrected chi connectivity index (χ1v) is 6.62. The van der Waals surface area contributed by atoms with Crippen molar-refractivity contribution in [1.82, 2.24) is 10.4 Å². The van der Waals surface area contributed by atoms with Gasteiger partial charge in [-0.3, -0.25) is 16.3 Å². The van der Waals surface area contributed by atoms with Crippen molar-refractivity contribution in [2.75, 3.05) is 0 Å². The Morgan fingerprint density at radius 3 is 2.42 bits per heavy atom. The second kappa shape index (κ2) is 6.15. The highest BCUT2D eigenvalue weighted by Crippen LogP contribution is 2.23. The summed E-state index contributed by atoms with van der Waals surface area (Å²) in [7, 11) is 0. The second-order valence-corrected chi connectivity index (χ2v) is 5.11. The normalized spacial score (nSPS) is 12.4. The molecule has 1 unspecified atom stereocenters. The van der Waals surface area contributed by atoms with Gasteiger partial charge in [-0.15, -0.1) is 0 Å². The summed E-state index contributed by atoms with van der Waals surface area (Å²) < 4.78 is 0. The number of nitrogens with zero attached hydrogens (tertiary/aromatic N) is 1. The molecule has 3 N–H and O–H groups in total. The molecule has 100 valence electrons. The quantitative estimate of drug-likeness (QED) is 0.666. The third-order valence-electron chi connectivity index (χ3n) is 3.09. The third kappa shape index (κ3) is 3.53. The van der Waals surface area contributed by atoms with E-state index in [4.69, 9.17) is 17.4 Å². The molecule has 1 heterocycles. The molecule has 0 aliphatic carbocycles. The summed E-state index contributed by atoms with van der Waals surface area (Å²) in [5.41, 5.74) is 7.07. The van der Waals surface area contributed by atoms with Gasteiger partial charge in [0.2, 0.25) is 0 Å². The number of hydrazine groups is 1. The van der Waals surface area contributed by atoms with E-state index in [1.165, 1.54) is 0 Å². The van der Waals surface area contributed by atoms with Crippen molar-refractivity contribution in [2.24, 2.45) is 5.84 Å². The smallest absolute Gasteiger partial charge is 0.0502 e. The highest BCUT2D eigenvalue weighted by atomic mass is 35.5. The number of nitrogens with one attached hydrogen (secondary N) is 1. The number of aryl methyl sites for hydroxylation is 2. The Bertz CT molecular complexity index is 549. The Hall–Kier alpha value is -1.42. The first-order valence-electron chi connectivity index (χ1n) is 6.25. The number of aromatic nitrogens is 1. The van der Waals surface area contributed by atoms with Crippen molar-refractivity contribution in [3.63, 3.8) is 0 Å². The van der Waals surface area contributed by atoms with Crippen LogP contribution < -0.4 is 11.3 Å². The van der Waals surface area contributed by atoms with E-state index in [1.807, 2.05) is 50.2 Å². The third-order valence-corrected chi connectivity index (χ3v) is 3.46. The van der Waals surface area contributed by atoms with E-state index in [0.29, 0.717) is 0 Å². The van der Waals surface area contributed by atoms with Crippen LogP contribution in [-0.2, 0) is 6.42 Å². The number of nitrogens with two attached hydrogens (primary N) is 1. The summed E-state index contributed by atoms with van der Waals surface area (Å²) >= 11 is 6.19. The van der Waals surface area contributed by atoms with Crippen molar-refractivity contribution in [3.8, 4) is 0 Å². The van der Waals surface area contributed by atoms with Crippen molar-refractivity contribution in [3.05, 3.63) is 63.9 Å². The van der Waals surface area contributed by atoms with E-state index in [2.05, 4.69) is 10.4 Å². The summed E-state index contributed by atoms with van der Waals surface area (Å²) in [6.45, 7) is 3.97. The molecular formula is C15H18ClN3. The molecule has 19 heavy (non-hydrogen) atoms. The van der Waals surface area contributed by atoms with Crippen LogP contribution in [0.1, 0.15) is 28.6 Å². The summed E-state index contributed by atoms with van der Waals surface area (Å²) in [6, 6.07) is 12.0. The van der Waals surface area contributed by atoms with E-state index in [9.17, 15) is 0 Å². The zero-order valence-corrected chi connectivity index (χ0v) is 11.9. The van der Waals surface area contributed by atoms with Crippen LogP contribution in [0.25, 0.3) is 0 Å². The topological polar surface area (TPSA) is 50.9 Å². The number of hydrogen-bond acceptors (Lipinski definition) is 3. The van der Waals surface area contributed by atoms with E-state index in [1.54, 1.807) is 0 Å². The molecular weight excluding hydrogens is 258 g/mol. The lowest BCUT2D eigenvalue weighted by atomic mass is 9.99. The Morgan fingerprint density at radius 1 is 1.21 bits per heavy atom. The van der Waals surface area contributed by atoms with Gasteiger partial charge in [0.25, 0.3) is 0 Å². The average molecular weight is 276 g/mol. The molecule has 2 aromatic rings. The minimum absolute atomic E-state index is 0.0281. The van der Waals surface area contributed by atoms with Gasteiger partial charge in [0.05, 0.1) is 6.04 Å². The summed E-state index contributed by atoms with van der Waals surface area (Å²) in [5.74, 6) is 5.69. The molecule has 0 saturated heterocycles. The Kier molecular flexibility index (Phi) is 4.53. The molecule has 1 aromatic carbocycles. The lowest BCUT2D eigenvalue weighted by molar-refractivity contribution is 0.550. The van der Waals surface area contributed by atoms with Gasteiger partial charge in [-0.25, -0.2) is 0 Å². The van der Waals surface area contributed by atoms with E-state index < -0.39 is 0 Å². The van der Waals surface area contributed by atoms with Crippen LogP contribution in [0.3, 0.4) is 0 Å². The molecule has 0 bridgehead atoms. The molecule has 0 saturated carbocycles. The molecule has 2 rings (SSSR count). The number of pyridine rings is 1. The molecule has 1 aromatic heterocycles. The number of halogens is 1. The minimum Gasteiger partial charge on any atom is -0.271 e. The Morgan fingerprint density at radius 2 is 1.84 bits per heavy atom. The van der Waals surface area contributed by atoms with E-state index in [0.717, 1.165) is 34.0 Å².